The fourth-order valence-corrected chi connectivity index (χ4v) is 4.14. The summed E-state index contributed by atoms with van der Waals surface area (Å²) in [5.74, 6) is 5.23. The number of aryl methyl sites for hydroxylation is 1. The van der Waals surface area contributed by atoms with Gasteiger partial charge in [0.05, 0.1) is 7.11 Å². The molecule has 0 bridgehead atoms. The van der Waals surface area contributed by atoms with E-state index in [2.05, 4.69) is 46.5 Å². The third-order valence-corrected chi connectivity index (χ3v) is 6.44. The summed E-state index contributed by atoms with van der Waals surface area (Å²) < 4.78 is 7.25. The van der Waals surface area contributed by atoms with Gasteiger partial charge in [0.1, 0.15) is 18.1 Å². The van der Waals surface area contributed by atoms with Crippen LogP contribution in [0.1, 0.15) is 49.8 Å². The van der Waals surface area contributed by atoms with E-state index < -0.39 is 0 Å². The van der Waals surface area contributed by atoms with Gasteiger partial charge in [-0.15, -0.1) is 10.2 Å². The van der Waals surface area contributed by atoms with E-state index in [1.807, 2.05) is 30.7 Å². The first kappa shape index (κ1) is 23.1. The maximum Gasteiger partial charge on any atom is 0.194 e. The Morgan fingerprint density at radius 1 is 1.19 bits per heavy atom. The van der Waals surface area contributed by atoms with Crippen LogP contribution in [0.25, 0.3) is 0 Å². The molecule has 1 aromatic heterocycles. The van der Waals surface area contributed by atoms with Gasteiger partial charge in [-0.2, -0.15) is 0 Å². The Balaban J connectivity index is 1.62. The number of nitrogens with one attached hydrogen (secondary N) is 1. The van der Waals surface area contributed by atoms with Gasteiger partial charge >= 0.3 is 0 Å². The lowest BCUT2D eigenvalue weighted by Crippen LogP contribution is -2.42. The monoisotopic (exact) mass is 426 g/mol. The van der Waals surface area contributed by atoms with Gasteiger partial charge in [-0.1, -0.05) is 31.9 Å². The van der Waals surface area contributed by atoms with Crippen molar-refractivity contribution in [2.24, 2.45) is 23.9 Å². The van der Waals surface area contributed by atoms with Crippen molar-refractivity contribution in [3.8, 4) is 5.75 Å². The predicted molar refractivity (Wildman–Crippen MR) is 125 cm³/mol. The van der Waals surface area contributed by atoms with Crippen LogP contribution in [0.3, 0.4) is 0 Å². The number of benzene rings is 1. The predicted octanol–water partition coefficient (Wildman–Crippen LogP) is 3.58. The van der Waals surface area contributed by atoms with E-state index in [-0.39, 0.29) is 0 Å². The quantitative estimate of drug-likeness (QED) is 0.516. The minimum absolute atomic E-state index is 0.522. The van der Waals surface area contributed by atoms with Gasteiger partial charge in [-0.05, 0) is 55.7 Å². The lowest BCUT2D eigenvalue weighted by atomic mass is 9.83. The molecule has 1 aliphatic carbocycles. The van der Waals surface area contributed by atoms with Crippen molar-refractivity contribution < 1.29 is 4.74 Å². The second kappa shape index (κ2) is 11.2. The van der Waals surface area contributed by atoms with Crippen molar-refractivity contribution in [3.05, 3.63) is 41.5 Å². The molecule has 0 spiro atoms. The molecule has 7 nitrogen and oxygen atoms in total. The highest BCUT2D eigenvalue weighted by molar-refractivity contribution is 5.79. The number of aliphatic imine (C=N–C) groups is 1. The molecule has 1 aliphatic rings. The molecule has 1 aromatic carbocycles. The van der Waals surface area contributed by atoms with Gasteiger partial charge in [-0.25, -0.2) is 4.99 Å². The summed E-state index contributed by atoms with van der Waals surface area (Å²) in [5, 5.41) is 12.0. The summed E-state index contributed by atoms with van der Waals surface area (Å²) in [7, 11) is 5.84. The fourth-order valence-electron chi connectivity index (χ4n) is 4.14. The van der Waals surface area contributed by atoms with Gasteiger partial charge in [0.15, 0.2) is 11.8 Å². The minimum Gasteiger partial charge on any atom is -0.497 e. The molecule has 0 atom stereocenters. The average Bonchev–Trinajstić information content (AvgIpc) is 3.10. The fraction of sp³-hybridized carbons (Fsp3) is 0.625. The van der Waals surface area contributed by atoms with Crippen molar-refractivity contribution in [1.82, 2.24) is 25.0 Å². The Hall–Kier alpha value is -2.57. The molecule has 1 saturated carbocycles. The first-order chi connectivity index (χ1) is 15.0. The van der Waals surface area contributed by atoms with E-state index in [9.17, 15) is 0 Å². The molecule has 1 N–H and O–H groups in total. The van der Waals surface area contributed by atoms with Gasteiger partial charge in [0.25, 0.3) is 0 Å². The second-order valence-electron chi connectivity index (χ2n) is 8.89. The van der Waals surface area contributed by atoms with Crippen LogP contribution in [0, 0.1) is 18.8 Å². The molecular formula is C24H38N6O. The van der Waals surface area contributed by atoms with Crippen molar-refractivity contribution in [3.63, 3.8) is 0 Å². The molecule has 170 valence electrons. The van der Waals surface area contributed by atoms with Crippen LogP contribution in [-0.2, 0) is 20.0 Å². The molecule has 0 unspecified atom stereocenters. The SMILES string of the molecule is COc1ccc(CCNC(=NCc2nnc(C)n2C)N(C)CC2CCC(C)CC2)cc1. The first-order valence-electron chi connectivity index (χ1n) is 11.4. The zero-order valence-electron chi connectivity index (χ0n) is 19.8. The van der Waals surface area contributed by atoms with Crippen LogP contribution in [0.4, 0.5) is 0 Å². The van der Waals surface area contributed by atoms with Gasteiger partial charge < -0.3 is 19.5 Å². The number of aromatic nitrogens is 3. The first-order valence-corrected chi connectivity index (χ1v) is 11.4. The number of rotatable bonds is 8. The Bertz CT molecular complexity index is 836. The number of ether oxygens (including phenoxy) is 1. The summed E-state index contributed by atoms with van der Waals surface area (Å²) in [6, 6.07) is 8.26. The summed E-state index contributed by atoms with van der Waals surface area (Å²) >= 11 is 0. The van der Waals surface area contributed by atoms with Crippen LogP contribution in [0.2, 0.25) is 0 Å². The van der Waals surface area contributed by atoms with Crippen molar-refractivity contribution in [1.29, 1.82) is 0 Å². The molecule has 0 radical (unpaired) electrons. The van der Waals surface area contributed by atoms with Crippen LogP contribution in [0.5, 0.6) is 5.75 Å². The number of nitrogens with zero attached hydrogens (tertiary/aromatic N) is 5. The normalized spacial score (nSPS) is 19.3. The Labute approximate surface area is 186 Å². The zero-order valence-corrected chi connectivity index (χ0v) is 19.8. The second-order valence-corrected chi connectivity index (χ2v) is 8.89. The van der Waals surface area contributed by atoms with Crippen LogP contribution in [-0.4, -0.2) is 52.9 Å². The summed E-state index contributed by atoms with van der Waals surface area (Å²) in [6.07, 6.45) is 6.24. The minimum atomic E-state index is 0.522. The zero-order chi connectivity index (χ0) is 22.2. The van der Waals surface area contributed by atoms with Crippen molar-refractivity contribution in [2.45, 2.75) is 52.5 Å². The third-order valence-electron chi connectivity index (χ3n) is 6.44. The lowest BCUT2D eigenvalue weighted by Gasteiger charge is -2.31. The Morgan fingerprint density at radius 2 is 1.90 bits per heavy atom. The highest BCUT2D eigenvalue weighted by Gasteiger charge is 2.21. The van der Waals surface area contributed by atoms with Gasteiger partial charge in [0, 0.05) is 27.2 Å². The number of hydrogen-bond donors (Lipinski definition) is 1. The van der Waals surface area contributed by atoms with Crippen molar-refractivity contribution >= 4 is 5.96 Å². The number of methoxy groups -OCH3 is 1. The summed E-state index contributed by atoms with van der Waals surface area (Å²) in [6.45, 7) is 6.73. The average molecular weight is 427 g/mol. The topological polar surface area (TPSA) is 67.6 Å². The molecule has 2 aromatic rings. The van der Waals surface area contributed by atoms with E-state index >= 15 is 0 Å². The van der Waals surface area contributed by atoms with Gasteiger partial charge in [-0.3, -0.25) is 0 Å². The molecule has 7 heteroatoms. The van der Waals surface area contributed by atoms with E-state index in [1.165, 1.54) is 31.2 Å². The molecule has 0 amide bonds. The molecule has 1 heterocycles. The Kier molecular flexibility index (Phi) is 8.32. The van der Waals surface area contributed by atoms with Crippen molar-refractivity contribution in [2.75, 3.05) is 27.2 Å². The maximum absolute atomic E-state index is 5.25. The molecule has 0 saturated heterocycles. The van der Waals surface area contributed by atoms with E-state index in [1.54, 1.807) is 7.11 Å². The van der Waals surface area contributed by atoms with Crippen LogP contribution < -0.4 is 10.1 Å². The van der Waals surface area contributed by atoms with E-state index in [0.717, 1.165) is 54.7 Å². The summed E-state index contributed by atoms with van der Waals surface area (Å²) in [5.41, 5.74) is 1.28. The molecule has 3 rings (SSSR count). The smallest absolute Gasteiger partial charge is 0.194 e. The van der Waals surface area contributed by atoms with E-state index in [0.29, 0.717) is 6.54 Å². The molecule has 31 heavy (non-hydrogen) atoms. The third kappa shape index (κ3) is 6.71. The Morgan fingerprint density at radius 3 is 2.52 bits per heavy atom. The number of hydrogen-bond acceptors (Lipinski definition) is 4. The highest BCUT2D eigenvalue weighted by Crippen LogP contribution is 2.28. The molecule has 0 aliphatic heterocycles. The summed E-state index contributed by atoms with van der Waals surface area (Å²) in [4.78, 5) is 7.18. The van der Waals surface area contributed by atoms with Gasteiger partial charge in [0.2, 0.25) is 0 Å². The largest absolute Gasteiger partial charge is 0.497 e. The lowest BCUT2D eigenvalue weighted by molar-refractivity contribution is 0.250. The standard InChI is InChI=1S/C24H38N6O/c1-18-6-8-21(9-7-18)17-29(3)24(26-16-23-28-27-19(2)30(23)4)25-15-14-20-10-12-22(31-5)13-11-20/h10-13,18,21H,6-9,14-17H2,1-5H3,(H,25,26). The maximum atomic E-state index is 5.25. The highest BCUT2D eigenvalue weighted by atomic mass is 16.5. The number of guanidine groups is 1. The molecular weight excluding hydrogens is 388 g/mol. The van der Waals surface area contributed by atoms with Crippen LogP contribution in [0.15, 0.2) is 29.3 Å². The van der Waals surface area contributed by atoms with Crippen LogP contribution >= 0.6 is 0 Å². The van der Waals surface area contributed by atoms with E-state index in [4.69, 9.17) is 9.73 Å². The molecule has 1 fully saturated rings.